The third kappa shape index (κ3) is 2.24. The van der Waals surface area contributed by atoms with Gasteiger partial charge >= 0.3 is 15.2 Å². The Labute approximate surface area is 57.8 Å². The molecule has 0 radical (unpaired) electrons. The van der Waals surface area contributed by atoms with Crippen LogP contribution in [0.2, 0.25) is 0 Å². The molecule has 0 saturated heterocycles. The van der Waals surface area contributed by atoms with Crippen molar-refractivity contribution in [1.29, 1.82) is 0 Å². The summed E-state index contributed by atoms with van der Waals surface area (Å²) in [5.41, 5.74) is 0. The fourth-order valence-electron chi connectivity index (χ4n) is 0.288. The molecule has 0 aliphatic heterocycles. The molecule has 0 aliphatic carbocycles. The standard InChI is InChI=1S/C4H6O5S/c1-2-3(5)4(6)10(7,8)9/h2H2,1H3,(H,7,8,9). The summed E-state index contributed by atoms with van der Waals surface area (Å²) >= 11 is 0. The third-order valence-corrected chi connectivity index (χ3v) is 1.48. The summed E-state index contributed by atoms with van der Waals surface area (Å²) < 4.78 is 27.8. The zero-order valence-electron chi connectivity index (χ0n) is 5.20. The number of carbonyl (C=O) groups excluding carboxylic acids is 2. The lowest BCUT2D eigenvalue weighted by Gasteiger charge is -1.89. The van der Waals surface area contributed by atoms with Crippen LogP contribution in [0.1, 0.15) is 13.3 Å². The Morgan fingerprint density at radius 3 is 1.90 bits per heavy atom. The number of rotatable bonds is 2. The minimum Gasteiger partial charge on any atom is -0.290 e. The van der Waals surface area contributed by atoms with Crippen molar-refractivity contribution in [2.45, 2.75) is 13.3 Å². The lowest BCUT2D eigenvalue weighted by atomic mass is 10.3. The van der Waals surface area contributed by atoms with Gasteiger partial charge in [-0.1, -0.05) is 6.92 Å². The maximum Gasteiger partial charge on any atom is 0.338 e. The molecule has 0 aromatic heterocycles. The molecule has 10 heavy (non-hydrogen) atoms. The highest BCUT2D eigenvalue weighted by molar-refractivity contribution is 8.03. The van der Waals surface area contributed by atoms with Crippen LogP contribution >= 0.6 is 0 Å². The molecule has 0 aliphatic rings. The Kier molecular flexibility index (Phi) is 2.67. The molecule has 0 atom stereocenters. The Morgan fingerprint density at radius 2 is 1.80 bits per heavy atom. The van der Waals surface area contributed by atoms with Crippen LogP contribution in [0.4, 0.5) is 0 Å². The summed E-state index contributed by atoms with van der Waals surface area (Å²) in [7, 11) is -4.80. The van der Waals surface area contributed by atoms with Crippen LogP contribution in [0.3, 0.4) is 0 Å². The summed E-state index contributed by atoms with van der Waals surface area (Å²) in [6.07, 6.45) is -0.224. The maximum absolute atomic E-state index is 10.3. The number of ketones is 1. The molecule has 0 spiro atoms. The first-order valence-corrected chi connectivity index (χ1v) is 3.88. The second-order valence-electron chi connectivity index (χ2n) is 1.54. The fourth-order valence-corrected chi connectivity index (χ4v) is 0.720. The van der Waals surface area contributed by atoms with E-state index < -0.39 is 21.0 Å². The Morgan fingerprint density at radius 1 is 1.40 bits per heavy atom. The monoisotopic (exact) mass is 166 g/mol. The number of hydrogen-bond donors (Lipinski definition) is 1. The zero-order valence-corrected chi connectivity index (χ0v) is 6.01. The average Bonchev–Trinajstić information content (AvgIpc) is 1.83. The highest BCUT2D eigenvalue weighted by Gasteiger charge is 2.24. The number of carbonyl (C=O) groups is 2. The van der Waals surface area contributed by atoms with Crippen LogP contribution in [0.15, 0.2) is 0 Å². The molecule has 6 heteroatoms. The number of Topliss-reactive ketones (excluding diaryl/α,β-unsaturated/α-hetero) is 1. The van der Waals surface area contributed by atoms with Gasteiger partial charge in [0.05, 0.1) is 0 Å². The molecule has 0 heterocycles. The van der Waals surface area contributed by atoms with Crippen molar-refractivity contribution in [2.24, 2.45) is 0 Å². The van der Waals surface area contributed by atoms with E-state index in [1.165, 1.54) is 6.92 Å². The molecule has 5 nitrogen and oxygen atoms in total. The van der Waals surface area contributed by atoms with Crippen LogP contribution in [0, 0.1) is 0 Å². The van der Waals surface area contributed by atoms with Crippen LogP contribution in [0.25, 0.3) is 0 Å². The SMILES string of the molecule is CCC(=O)C(=O)S(=O)(=O)O. The van der Waals surface area contributed by atoms with E-state index in [1.54, 1.807) is 0 Å². The molecular formula is C4H6O5S. The maximum atomic E-state index is 10.3. The van der Waals surface area contributed by atoms with Crippen LogP contribution in [-0.4, -0.2) is 23.9 Å². The second-order valence-corrected chi connectivity index (χ2v) is 2.86. The van der Waals surface area contributed by atoms with Gasteiger partial charge in [0.15, 0.2) is 0 Å². The summed E-state index contributed by atoms with van der Waals surface area (Å²) in [5.74, 6) is -1.11. The smallest absolute Gasteiger partial charge is 0.290 e. The van der Waals surface area contributed by atoms with E-state index in [0.717, 1.165) is 0 Å². The second kappa shape index (κ2) is 2.89. The molecular weight excluding hydrogens is 160 g/mol. The van der Waals surface area contributed by atoms with Crippen molar-refractivity contribution >= 4 is 21.0 Å². The molecule has 1 N–H and O–H groups in total. The lowest BCUT2D eigenvalue weighted by molar-refractivity contribution is -0.132. The van der Waals surface area contributed by atoms with E-state index in [9.17, 15) is 18.0 Å². The molecule has 0 aromatic carbocycles. The van der Waals surface area contributed by atoms with E-state index in [1.807, 2.05) is 0 Å². The van der Waals surface area contributed by atoms with Crippen molar-refractivity contribution in [1.82, 2.24) is 0 Å². The highest BCUT2D eigenvalue weighted by atomic mass is 32.2. The Hall–Kier alpha value is -0.750. The van der Waals surface area contributed by atoms with Gasteiger partial charge in [0.25, 0.3) is 0 Å². The number of hydrogen-bond acceptors (Lipinski definition) is 4. The van der Waals surface area contributed by atoms with E-state index in [4.69, 9.17) is 4.55 Å². The van der Waals surface area contributed by atoms with Crippen LogP contribution < -0.4 is 0 Å². The first-order valence-electron chi connectivity index (χ1n) is 2.44. The first kappa shape index (κ1) is 9.25. The van der Waals surface area contributed by atoms with E-state index in [-0.39, 0.29) is 6.42 Å². The quantitative estimate of drug-likeness (QED) is 0.436. The first-order chi connectivity index (χ1) is 4.39. The Bertz CT molecular complexity index is 249. The molecule has 0 aromatic rings. The zero-order chi connectivity index (χ0) is 8.36. The van der Waals surface area contributed by atoms with Crippen molar-refractivity contribution in [2.75, 3.05) is 0 Å². The van der Waals surface area contributed by atoms with Crippen molar-refractivity contribution in [3.8, 4) is 0 Å². The van der Waals surface area contributed by atoms with Crippen molar-refractivity contribution < 1.29 is 22.6 Å². The molecule has 0 amide bonds. The van der Waals surface area contributed by atoms with E-state index >= 15 is 0 Å². The van der Waals surface area contributed by atoms with Gasteiger partial charge in [0.1, 0.15) is 0 Å². The van der Waals surface area contributed by atoms with Gasteiger partial charge in [0.2, 0.25) is 5.78 Å². The minimum absolute atomic E-state index is 0.224. The molecule has 0 saturated carbocycles. The van der Waals surface area contributed by atoms with Gasteiger partial charge in [0, 0.05) is 6.42 Å². The van der Waals surface area contributed by atoms with Gasteiger partial charge in [-0.25, -0.2) is 0 Å². The molecule has 0 bridgehead atoms. The van der Waals surface area contributed by atoms with Gasteiger partial charge in [-0.3, -0.25) is 14.1 Å². The van der Waals surface area contributed by atoms with Crippen molar-refractivity contribution in [3.63, 3.8) is 0 Å². The third-order valence-electron chi connectivity index (χ3n) is 0.783. The summed E-state index contributed by atoms with van der Waals surface area (Å²) in [6, 6.07) is 0. The Balaban J connectivity index is 4.57. The minimum atomic E-state index is -4.80. The summed E-state index contributed by atoms with van der Waals surface area (Å²) in [5, 5.41) is -1.74. The largest absolute Gasteiger partial charge is 0.338 e. The predicted octanol–water partition coefficient (Wildman–Crippen LogP) is -0.620. The topological polar surface area (TPSA) is 88.5 Å². The molecule has 58 valence electrons. The lowest BCUT2D eigenvalue weighted by Crippen LogP contribution is -2.22. The molecule has 0 rings (SSSR count). The van der Waals surface area contributed by atoms with Gasteiger partial charge in [-0.05, 0) is 0 Å². The van der Waals surface area contributed by atoms with Crippen LogP contribution in [0.5, 0.6) is 0 Å². The average molecular weight is 166 g/mol. The van der Waals surface area contributed by atoms with Crippen LogP contribution in [-0.2, 0) is 19.7 Å². The summed E-state index contributed by atoms with van der Waals surface area (Å²) in [4.78, 5) is 20.5. The van der Waals surface area contributed by atoms with Crippen molar-refractivity contribution in [3.05, 3.63) is 0 Å². The van der Waals surface area contributed by atoms with Gasteiger partial charge in [-0.2, -0.15) is 8.42 Å². The van der Waals surface area contributed by atoms with E-state index in [0.29, 0.717) is 0 Å². The summed E-state index contributed by atoms with van der Waals surface area (Å²) in [6.45, 7) is 1.32. The highest BCUT2D eigenvalue weighted by Crippen LogP contribution is 1.90. The van der Waals surface area contributed by atoms with Gasteiger partial charge in [-0.15, -0.1) is 0 Å². The molecule has 0 unspecified atom stereocenters. The molecule has 0 fully saturated rings. The van der Waals surface area contributed by atoms with Gasteiger partial charge < -0.3 is 0 Å². The normalized spacial score (nSPS) is 11.0. The van der Waals surface area contributed by atoms with E-state index in [2.05, 4.69) is 0 Å². The predicted molar refractivity (Wildman–Crippen MR) is 31.9 cm³/mol. The fraction of sp³-hybridized carbons (Fsp3) is 0.500.